The zero-order chi connectivity index (χ0) is 15.6. The fourth-order valence-electron chi connectivity index (χ4n) is 2.77. The summed E-state index contributed by atoms with van der Waals surface area (Å²) in [6, 6.07) is 13.4. The maximum atomic E-state index is 12.4. The van der Waals surface area contributed by atoms with Crippen LogP contribution in [0.5, 0.6) is 5.75 Å². The van der Waals surface area contributed by atoms with Crippen LogP contribution >= 0.6 is 0 Å². The van der Waals surface area contributed by atoms with E-state index in [0.717, 1.165) is 16.9 Å². The van der Waals surface area contributed by atoms with Gasteiger partial charge < -0.3 is 10.1 Å². The van der Waals surface area contributed by atoms with E-state index in [4.69, 9.17) is 4.74 Å². The van der Waals surface area contributed by atoms with E-state index in [2.05, 4.69) is 20.3 Å². The summed E-state index contributed by atoms with van der Waals surface area (Å²) in [5.74, 6) is 0.709. The summed E-state index contributed by atoms with van der Waals surface area (Å²) < 4.78 is 10.3. The lowest BCUT2D eigenvalue weighted by atomic mass is 9.96. The van der Waals surface area contributed by atoms with Gasteiger partial charge in [-0.1, -0.05) is 24.3 Å². The van der Waals surface area contributed by atoms with Crippen molar-refractivity contribution in [3.8, 4) is 5.75 Å². The normalized spacial score (nSPS) is 16.6. The molecule has 1 amide bonds. The molecule has 0 aliphatic carbocycles. The molecule has 0 saturated carbocycles. The molecule has 0 saturated heterocycles. The predicted octanol–water partition coefficient (Wildman–Crippen LogP) is 2.09. The van der Waals surface area contributed by atoms with Crippen LogP contribution in [-0.2, 0) is 17.8 Å². The molecule has 23 heavy (non-hydrogen) atoms. The molecular formula is C17H15N3O3. The van der Waals surface area contributed by atoms with Gasteiger partial charge in [0.15, 0.2) is 0 Å². The minimum atomic E-state index is -0.164. The molecule has 1 aliphatic rings. The van der Waals surface area contributed by atoms with Gasteiger partial charge in [0.2, 0.25) is 5.91 Å². The molecule has 1 N–H and O–H groups in total. The highest BCUT2D eigenvalue weighted by atomic mass is 16.6. The molecule has 3 aromatic rings. The van der Waals surface area contributed by atoms with E-state index in [0.29, 0.717) is 30.6 Å². The summed E-state index contributed by atoms with van der Waals surface area (Å²) in [6.45, 7) is 0.856. The van der Waals surface area contributed by atoms with E-state index < -0.39 is 0 Å². The quantitative estimate of drug-likeness (QED) is 0.801. The number of ether oxygens (including phenoxy) is 1. The lowest BCUT2D eigenvalue weighted by molar-refractivity contribution is -0.126. The van der Waals surface area contributed by atoms with Crippen LogP contribution < -0.4 is 10.1 Å². The van der Waals surface area contributed by atoms with Gasteiger partial charge >= 0.3 is 0 Å². The number of benzene rings is 2. The lowest BCUT2D eigenvalue weighted by Crippen LogP contribution is -2.37. The number of carbonyl (C=O) groups excluding carboxylic acids is 1. The van der Waals surface area contributed by atoms with Crippen molar-refractivity contribution >= 4 is 16.9 Å². The van der Waals surface area contributed by atoms with E-state index >= 15 is 0 Å². The highest BCUT2D eigenvalue weighted by Crippen LogP contribution is 2.26. The van der Waals surface area contributed by atoms with Gasteiger partial charge in [-0.15, -0.1) is 0 Å². The number of fused-ring (bicyclic) bond motifs is 2. The molecule has 0 radical (unpaired) electrons. The van der Waals surface area contributed by atoms with Gasteiger partial charge in [0.1, 0.15) is 23.4 Å². The Bertz CT molecular complexity index is 859. The Morgan fingerprint density at radius 2 is 2.04 bits per heavy atom. The highest BCUT2D eigenvalue weighted by molar-refractivity contribution is 5.80. The SMILES string of the molecule is O=C(NCc1ccc2nonc2c1)C1COc2ccccc2C1. The Morgan fingerprint density at radius 1 is 1.17 bits per heavy atom. The molecule has 6 nitrogen and oxygen atoms in total. The molecule has 116 valence electrons. The van der Waals surface area contributed by atoms with Gasteiger partial charge in [-0.05, 0) is 46.1 Å². The molecule has 6 heteroatoms. The molecule has 2 aromatic carbocycles. The molecule has 1 aliphatic heterocycles. The van der Waals surface area contributed by atoms with Crippen LogP contribution in [0.25, 0.3) is 11.0 Å². The van der Waals surface area contributed by atoms with Gasteiger partial charge in [-0.2, -0.15) is 0 Å². The number of nitrogens with zero attached hydrogens (tertiary/aromatic N) is 2. The first-order valence-electron chi connectivity index (χ1n) is 7.49. The molecule has 1 unspecified atom stereocenters. The standard InChI is InChI=1S/C17H15N3O3/c21-17(13-8-12-3-1-2-4-16(12)22-10-13)18-9-11-5-6-14-15(7-11)20-23-19-14/h1-7,13H,8-10H2,(H,18,21). The van der Waals surface area contributed by atoms with Crippen molar-refractivity contribution < 1.29 is 14.2 Å². The van der Waals surface area contributed by atoms with Gasteiger partial charge in [0, 0.05) is 6.54 Å². The van der Waals surface area contributed by atoms with E-state index in [1.54, 1.807) is 0 Å². The van der Waals surface area contributed by atoms with Crippen LogP contribution in [0.1, 0.15) is 11.1 Å². The molecule has 0 bridgehead atoms. The summed E-state index contributed by atoms with van der Waals surface area (Å²) in [6.07, 6.45) is 0.703. The first-order valence-corrected chi connectivity index (χ1v) is 7.49. The monoisotopic (exact) mass is 309 g/mol. The second kappa shape index (κ2) is 5.72. The fraction of sp³-hybridized carbons (Fsp3) is 0.235. The Balaban J connectivity index is 1.40. The van der Waals surface area contributed by atoms with Crippen LogP contribution in [0.2, 0.25) is 0 Å². The van der Waals surface area contributed by atoms with Crippen molar-refractivity contribution in [2.75, 3.05) is 6.61 Å². The largest absolute Gasteiger partial charge is 0.492 e. The van der Waals surface area contributed by atoms with Crippen LogP contribution in [-0.4, -0.2) is 22.8 Å². The molecule has 1 aromatic heterocycles. The Hall–Kier alpha value is -2.89. The van der Waals surface area contributed by atoms with Crippen LogP contribution in [0.15, 0.2) is 47.1 Å². The maximum Gasteiger partial charge on any atom is 0.227 e. The van der Waals surface area contributed by atoms with Crippen molar-refractivity contribution in [3.05, 3.63) is 53.6 Å². The zero-order valence-corrected chi connectivity index (χ0v) is 12.4. The van der Waals surface area contributed by atoms with E-state index in [1.165, 1.54) is 0 Å². The van der Waals surface area contributed by atoms with Crippen molar-refractivity contribution in [3.63, 3.8) is 0 Å². The molecule has 0 fully saturated rings. The van der Waals surface area contributed by atoms with Crippen molar-refractivity contribution in [1.29, 1.82) is 0 Å². The van der Waals surface area contributed by atoms with E-state index in [1.807, 2.05) is 42.5 Å². The summed E-state index contributed by atoms with van der Waals surface area (Å²) in [4.78, 5) is 12.4. The van der Waals surface area contributed by atoms with Crippen LogP contribution in [0.4, 0.5) is 0 Å². The summed E-state index contributed by atoms with van der Waals surface area (Å²) in [7, 11) is 0. The molecule has 1 atom stereocenters. The smallest absolute Gasteiger partial charge is 0.227 e. The Kier molecular flexibility index (Phi) is 3.42. The maximum absolute atomic E-state index is 12.4. The number of nitrogens with one attached hydrogen (secondary N) is 1. The number of hydrogen-bond acceptors (Lipinski definition) is 5. The van der Waals surface area contributed by atoms with E-state index in [9.17, 15) is 4.79 Å². The average molecular weight is 309 g/mol. The minimum Gasteiger partial charge on any atom is -0.492 e. The molecule has 4 rings (SSSR count). The Morgan fingerprint density at radius 3 is 3.00 bits per heavy atom. The summed E-state index contributed by atoms with van der Waals surface area (Å²) in [5, 5.41) is 10.5. The third kappa shape index (κ3) is 2.75. The number of hydrogen-bond donors (Lipinski definition) is 1. The molecule has 0 spiro atoms. The number of carbonyl (C=O) groups is 1. The van der Waals surface area contributed by atoms with Gasteiger partial charge in [-0.25, -0.2) is 4.63 Å². The van der Waals surface area contributed by atoms with E-state index in [-0.39, 0.29) is 11.8 Å². The third-order valence-electron chi connectivity index (χ3n) is 4.03. The van der Waals surface area contributed by atoms with Gasteiger partial charge in [-0.3, -0.25) is 4.79 Å². The zero-order valence-electron chi connectivity index (χ0n) is 12.4. The predicted molar refractivity (Wildman–Crippen MR) is 82.8 cm³/mol. The number of aromatic nitrogens is 2. The lowest BCUT2D eigenvalue weighted by Gasteiger charge is -2.24. The summed E-state index contributed by atoms with van der Waals surface area (Å²) >= 11 is 0. The fourth-order valence-corrected chi connectivity index (χ4v) is 2.77. The first-order chi connectivity index (χ1) is 11.3. The van der Waals surface area contributed by atoms with Crippen LogP contribution in [0.3, 0.4) is 0 Å². The second-order valence-corrected chi connectivity index (χ2v) is 5.62. The van der Waals surface area contributed by atoms with Gasteiger partial charge in [0.05, 0.1) is 5.92 Å². The number of amides is 1. The third-order valence-corrected chi connectivity index (χ3v) is 4.03. The minimum absolute atomic E-state index is 0.00196. The average Bonchev–Trinajstić information content (AvgIpc) is 3.07. The van der Waals surface area contributed by atoms with Crippen molar-refractivity contribution in [2.45, 2.75) is 13.0 Å². The summed E-state index contributed by atoms with van der Waals surface area (Å²) in [5.41, 5.74) is 3.43. The van der Waals surface area contributed by atoms with Crippen LogP contribution in [0, 0.1) is 5.92 Å². The van der Waals surface area contributed by atoms with Crippen molar-refractivity contribution in [1.82, 2.24) is 15.6 Å². The number of rotatable bonds is 3. The molecular weight excluding hydrogens is 294 g/mol. The molecule has 2 heterocycles. The second-order valence-electron chi connectivity index (χ2n) is 5.62. The topological polar surface area (TPSA) is 77.3 Å². The highest BCUT2D eigenvalue weighted by Gasteiger charge is 2.25. The Labute approximate surface area is 132 Å². The first kappa shape index (κ1) is 13.8. The van der Waals surface area contributed by atoms with Crippen molar-refractivity contribution in [2.24, 2.45) is 5.92 Å². The van der Waals surface area contributed by atoms with Gasteiger partial charge in [0.25, 0.3) is 0 Å². The number of para-hydroxylation sites is 1.